The summed E-state index contributed by atoms with van der Waals surface area (Å²) in [6, 6.07) is 0. The first-order valence-electron chi connectivity index (χ1n) is 16.0. The van der Waals surface area contributed by atoms with Gasteiger partial charge in [0.15, 0.2) is 0 Å². The average molecular weight is 511 g/mol. The number of carbonyl (C=O) groups excluding carboxylic acids is 1. The van der Waals surface area contributed by atoms with Gasteiger partial charge in [-0.1, -0.05) is 149 Å². The monoisotopic (exact) mass is 510 g/mol. The summed E-state index contributed by atoms with van der Waals surface area (Å²) in [5.41, 5.74) is 0. The van der Waals surface area contributed by atoms with Gasteiger partial charge in [0, 0.05) is 12.8 Å². The standard InChI is InChI=1S/C32H62O4/c1-3-5-6-7-8-9-10-11-12-13-14-15-16-17-18-19-20-21-22-23-24-29-32(35)36-30(26-4-2)27-25-28-31(33)34/h30H,3-29H2,1-2H3,(H,33,34). The number of hydrogen-bond donors (Lipinski definition) is 1. The van der Waals surface area contributed by atoms with Gasteiger partial charge in [0.05, 0.1) is 0 Å². The summed E-state index contributed by atoms with van der Waals surface area (Å²) in [4.78, 5) is 22.8. The van der Waals surface area contributed by atoms with Crippen molar-refractivity contribution in [2.75, 3.05) is 0 Å². The third-order valence-electron chi connectivity index (χ3n) is 7.31. The predicted molar refractivity (Wildman–Crippen MR) is 154 cm³/mol. The molecule has 0 aromatic heterocycles. The number of hydrogen-bond acceptors (Lipinski definition) is 3. The van der Waals surface area contributed by atoms with Crippen LogP contribution < -0.4 is 0 Å². The van der Waals surface area contributed by atoms with E-state index >= 15 is 0 Å². The Balaban J connectivity index is 3.34. The first-order valence-corrected chi connectivity index (χ1v) is 16.0. The molecule has 0 aromatic rings. The molecule has 1 atom stereocenters. The third-order valence-corrected chi connectivity index (χ3v) is 7.31. The summed E-state index contributed by atoms with van der Waals surface area (Å²) in [5.74, 6) is -0.891. The predicted octanol–water partition coefficient (Wildman–Crippen LogP) is 10.6. The van der Waals surface area contributed by atoms with Crippen LogP contribution in [-0.2, 0) is 14.3 Å². The molecule has 0 radical (unpaired) electrons. The number of rotatable bonds is 29. The molecule has 0 aliphatic carbocycles. The number of carbonyl (C=O) groups is 2. The zero-order chi connectivity index (χ0) is 26.5. The Hall–Kier alpha value is -1.06. The summed E-state index contributed by atoms with van der Waals surface area (Å²) in [6.45, 7) is 4.35. The van der Waals surface area contributed by atoms with E-state index < -0.39 is 5.97 Å². The van der Waals surface area contributed by atoms with Crippen LogP contribution in [0.25, 0.3) is 0 Å². The van der Waals surface area contributed by atoms with Crippen LogP contribution >= 0.6 is 0 Å². The van der Waals surface area contributed by atoms with Crippen LogP contribution in [0, 0.1) is 0 Å². The molecular weight excluding hydrogens is 448 g/mol. The fraction of sp³-hybridized carbons (Fsp3) is 0.938. The van der Waals surface area contributed by atoms with Gasteiger partial charge in [-0.3, -0.25) is 9.59 Å². The second-order valence-electron chi connectivity index (χ2n) is 11.0. The molecule has 0 aliphatic heterocycles. The molecule has 0 heterocycles. The maximum Gasteiger partial charge on any atom is 0.306 e. The lowest BCUT2D eigenvalue weighted by atomic mass is 10.0. The Morgan fingerprint density at radius 1 is 0.500 bits per heavy atom. The van der Waals surface area contributed by atoms with Crippen LogP contribution in [0.2, 0.25) is 0 Å². The number of ether oxygens (including phenoxy) is 1. The highest BCUT2D eigenvalue weighted by atomic mass is 16.5. The Morgan fingerprint density at radius 2 is 0.889 bits per heavy atom. The van der Waals surface area contributed by atoms with E-state index in [2.05, 4.69) is 13.8 Å². The molecule has 0 aliphatic rings. The first kappa shape index (κ1) is 34.9. The van der Waals surface area contributed by atoms with E-state index in [-0.39, 0.29) is 18.5 Å². The Morgan fingerprint density at radius 3 is 1.25 bits per heavy atom. The molecule has 36 heavy (non-hydrogen) atoms. The Kier molecular flexibility index (Phi) is 27.7. The Labute approximate surface area is 224 Å². The molecule has 0 aromatic carbocycles. The third kappa shape index (κ3) is 27.5. The number of esters is 1. The van der Waals surface area contributed by atoms with Crippen LogP contribution in [0.4, 0.5) is 0 Å². The molecule has 214 valence electrons. The molecule has 0 bridgehead atoms. The average Bonchev–Trinajstić information content (AvgIpc) is 2.85. The van der Waals surface area contributed by atoms with Crippen LogP contribution in [0.1, 0.15) is 187 Å². The van der Waals surface area contributed by atoms with Crippen LogP contribution in [0.15, 0.2) is 0 Å². The first-order chi connectivity index (χ1) is 17.6. The van der Waals surface area contributed by atoms with E-state index in [1.165, 1.54) is 122 Å². The number of aliphatic carboxylic acids is 1. The molecule has 0 rings (SSSR count). The zero-order valence-corrected chi connectivity index (χ0v) is 24.3. The van der Waals surface area contributed by atoms with E-state index in [0.717, 1.165) is 25.7 Å². The van der Waals surface area contributed by atoms with Crippen molar-refractivity contribution in [3.63, 3.8) is 0 Å². The lowest BCUT2D eigenvalue weighted by molar-refractivity contribution is -0.150. The zero-order valence-electron chi connectivity index (χ0n) is 24.3. The van der Waals surface area contributed by atoms with Gasteiger partial charge in [-0.2, -0.15) is 0 Å². The van der Waals surface area contributed by atoms with E-state index in [0.29, 0.717) is 19.3 Å². The highest BCUT2D eigenvalue weighted by Crippen LogP contribution is 2.16. The van der Waals surface area contributed by atoms with E-state index in [1.807, 2.05) is 0 Å². The van der Waals surface area contributed by atoms with Gasteiger partial charge in [-0.25, -0.2) is 0 Å². The largest absolute Gasteiger partial charge is 0.481 e. The maximum atomic E-state index is 12.1. The second kappa shape index (κ2) is 28.5. The second-order valence-corrected chi connectivity index (χ2v) is 11.0. The van der Waals surface area contributed by atoms with Crippen LogP contribution in [-0.4, -0.2) is 23.1 Å². The summed E-state index contributed by atoms with van der Waals surface area (Å²) in [6.07, 6.45) is 32.1. The molecular formula is C32H62O4. The van der Waals surface area contributed by atoms with Gasteiger partial charge in [-0.05, 0) is 25.7 Å². The lowest BCUT2D eigenvalue weighted by Crippen LogP contribution is -2.18. The maximum absolute atomic E-state index is 12.1. The highest BCUT2D eigenvalue weighted by Gasteiger charge is 2.14. The quantitative estimate of drug-likeness (QED) is 0.0802. The van der Waals surface area contributed by atoms with E-state index in [1.54, 1.807) is 0 Å². The molecule has 1 unspecified atom stereocenters. The lowest BCUT2D eigenvalue weighted by Gasteiger charge is -2.17. The minimum atomic E-state index is -0.781. The van der Waals surface area contributed by atoms with Gasteiger partial charge in [-0.15, -0.1) is 0 Å². The van der Waals surface area contributed by atoms with Crippen molar-refractivity contribution >= 4 is 11.9 Å². The van der Waals surface area contributed by atoms with Crippen LogP contribution in [0.3, 0.4) is 0 Å². The van der Waals surface area contributed by atoms with E-state index in [4.69, 9.17) is 9.84 Å². The number of carboxylic acids is 1. The SMILES string of the molecule is CCCCCCCCCCCCCCCCCCCCCCCC(=O)OC(CCC)CCCC(=O)O. The Bertz CT molecular complexity index is 477. The van der Waals surface area contributed by atoms with Crippen molar-refractivity contribution in [2.45, 2.75) is 193 Å². The minimum Gasteiger partial charge on any atom is -0.481 e. The van der Waals surface area contributed by atoms with Crippen molar-refractivity contribution < 1.29 is 19.4 Å². The summed E-state index contributed by atoms with van der Waals surface area (Å²) in [7, 11) is 0. The molecule has 0 fully saturated rings. The fourth-order valence-electron chi connectivity index (χ4n) is 5.01. The van der Waals surface area contributed by atoms with Gasteiger partial charge >= 0.3 is 11.9 Å². The highest BCUT2D eigenvalue weighted by molar-refractivity contribution is 5.69. The smallest absolute Gasteiger partial charge is 0.306 e. The van der Waals surface area contributed by atoms with Crippen molar-refractivity contribution in [1.29, 1.82) is 0 Å². The summed E-state index contributed by atoms with van der Waals surface area (Å²) in [5, 5.41) is 8.77. The van der Waals surface area contributed by atoms with Crippen molar-refractivity contribution in [2.24, 2.45) is 0 Å². The minimum absolute atomic E-state index is 0.110. The number of carboxylic acid groups (broad SMARTS) is 1. The van der Waals surface area contributed by atoms with Gasteiger partial charge < -0.3 is 9.84 Å². The normalized spacial score (nSPS) is 12.1. The molecule has 0 amide bonds. The molecule has 4 nitrogen and oxygen atoms in total. The van der Waals surface area contributed by atoms with E-state index in [9.17, 15) is 9.59 Å². The van der Waals surface area contributed by atoms with Crippen molar-refractivity contribution in [3.05, 3.63) is 0 Å². The summed E-state index contributed by atoms with van der Waals surface area (Å²) >= 11 is 0. The molecule has 0 saturated heterocycles. The molecule has 0 spiro atoms. The summed E-state index contributed by atoms with van der Waals surface area (Å²) < 4.78 is 5.58. The topological polar surface area (TPSA) is 63.6 Å². The van der Waals surface area contributed by atoms with Crippen molar-refractivity contribution in [1.82, 2.24) is 0 Å². The van der Waals surface area contributed by atoms with Gasteiger partial charge in [0.25, 0.3) is 0 Å². The van der Waals surface area contributed by atoms with Crippen LogP contribution in [0.5, 0.6) is 0 Å². The van der Waals surface area contributed by atoms with Crippen molar-refractivity contribution in [3.8, 4) is 0 Å². The fourth-order valence-corrected chi connectivity index (χ4v) is 5.01. The number of unbranched alkanes of at least 4 members (excludes halogenated alkanes) is 20. The molecule has 0 saturated carbocycles. The molecule has 4 heteroatoms. The molecule has 1 N–H and O–H groups in total. The van der Waals surface area contributed by atoms with Gasteiger partial charge in [0.1, 0.15) is 6.10 Å². The van der Waals surface area contributed by atoms with Gasteiger partial charge in [0.2, 0.25) is 0 Å².